The molecule has 2 heterocycles. The maximum absolute atomic E-state index is 8.69. The molecule has 1 aliphatic rings. The predicted octanol–water partition coefficient (Wildman–Crippen LogP) is 1.22. The van der Waals surface area contributed by atoms with Gasteiger partial charge in [0.15, 0.2) is 0 Å². The van der Waals surface area contributed by atoms with Gasteiger partial charge in [0.1, 0.15) is 0 Å². The Morgan fingerprint density at radius 3 is 2.59 bits per heavy atom. The molecule has 5 nitrogen and oxygen atoms in total. The van der Waals surface area contributed by atoms with Crippen molar-refractivity contribution in [3.05, 3.63) is 16.9 Å². The van der Waals surface area contributed by atoms with Crippen LogP contribution in [0.5, 0.6) is 0 Å². The lowest BCUT2D eigenvalue weighted by molar-refractivity contribution is 0.0157. The number of aliphatic hydroxyl groups is 1. The van der Waals surface area contributed by atoms with Crippen molar-refractivity contribution >= 4 is 21.9 Å². The molecule has 0 spiro atoms. The highest BCUT2D eigenvalue weighted by Gasteiger charge is 2.20. The van der Waals surface area contributed by atoms with Gasteiger partial charge >= 0.3 is 0 Å². The van der Waals surface area contributed by atoms with Crippen LogP contribution in [0.15, 0.2) is 16.9 Å². The monoisotopic (exact) mass is 301 g/mol. The van der Waals surface area contributed by atoms with E-state index in [1.54, 1.807) is 12.4 Å². The molecule has 0 aliphatic carbocycles. The summed E-state index contributed by atoms with van der Waals surface area (Å²) in [5.41, 5.74) is 0. The number of piperidine rings is 1. The molecule has 6 heteroatoms. The Labute approximate surface area is 109 Å². The zero-order valence-corrected chi connectivity index (χ0v) is 11.1. The summed E-state index contributed by atoms with van der Waals surface area (Å²) in [5, 5.41) is 8.69. The first-order chi connectivity index (χ1) is 8.29. The van der Waals surface area contributed by atoms with Crippen molar-refractivity contribution in [2.24, 2.45) is 0 Å². The average Bonchev–Trinajstić information content (AvgIpc) is 2.38. The van der Waals surface area contributed by atoms with Gasteiger partial charge in [-0.2, -0.15) is 0 Å². The van der Waals surface area contributed by atoms with Crippen LogP contribution in [0.25, 0.3) is 0 Å². The molecule has 17 heavy (non-hydrogen) atoms. The number of nitrogens with zero attached hydrogens (tertiary/aromatic N) is 3. The largest absolute Gasteiger partial charge is 0.394 e. The van der Waals surface area contributed by atoms with Gasteiger partial charge in [0.2, 0.25) is 5.95 Å². The third-order valence-electron chi connectivity index (χ3n) is 2.78. The van der Waals surface area contributed by atoms with E-state index >= 15 is 0 Å². The third-order valence-corrected chi connectivity index (χ3v) is 3.19. The van der Waals surface area contributed by atoms with Crippen LogP contribution in [-0.2, 0) is 4.74 Å². The van der Waals surface area contributed by atoms with Gasteiger partial charge in [0.25, 0.3) is 0 Å². The van der Waals surface area contributed by atoms with Crippen molar-refractivity contribution in [3.63, 3.8) is 0 Å². The first-order valence-electron chi connectivity index (χ1n) is 5.74. The molecule has 1 aromatic heterocycles. The molecule has 1 aliphatic heterocycles. The minimum Gasteiger partial charge on any atom is -0.394 e. The second-order valence-corrected chi connectivity index (χ2v) is 4.90. The Morgan fingerprint density at radius 1 is 1.35 bits per heavy atom. The molecule has 1 fully saturated rings. The number of hydrogen-bond acceptors (Lipinski definition) is 5. The van der Waals surface area contributed by atoms with Gasteiger partial charge < -0.3 is 14.7 Å². The Bertz CT molecular complexity index is 339. The molecule has 1 aromatic rings. The standard InChI is InChI=1S/C11H16BrN3O2/c12-9-7-13-11(14-8-9)15-3-1-10(2-4-15)17-6-5-16/h7-8,10,16H,1-6H2. The Kier molecular flexibility index (Phi) is 4.70. The SMILES string of the molecule is OCCOC1CCN(c2ncc(Br)cn2)CC1. The second-order valence-electron chi connectivity index (χ2n) is 3.98. The van der Waals surface area contributed by atoms with Gasteiger partial charge in [-0.25, -0.2) is 9.97 Å². The summed E-state index contributed by atoms with van der Waals surface area (Å²) in [4.78, 5) is 10.7. The maximum atomic E-state index is 8.69. The van der Waals surface area contributed by atoms with Crippen LogP contribution in [0, 0.1) is 0 Å². The normalized spacial score (nSPS) is 17.4. The van der Waals surface area contributed by atoms with Gasteiger partial charge in [0, 0.05) is 25.5 Å². The van der Waals surface area contributed by atoms with Gasteiger partial charge in [-0.05, 0) is 28.8 Å². The lowest BCUT2D eigenvalue weighted by Gasteiger charge is -2.31. The van der Waals surface area contributed by atoms with Gasteiger partial charge in [-0.15, -0.1) is 0 Å². The fourth-order valence-corrected chi connectivity index (χ4v) is 2.12. The lowest BCUT2D eigenvalue weighted by Crippen LogP contribution is -2.38. The molecule has 0 radical (unpaired) electrons. The van der Waals surface area contributed by atoms with Gasteiger partial charge in [0.05, 0.1) is 23.8 Å². The number of ether oxygens (including phenoxy) is 1. The number of halogens is 1. The van der Waals surface area contributed by atoms with E-state index in [-0.39, 0.29) is 12.7 Å². The highest BCUT2D eigenvalue weighted by atomic mass is 79.9. The summed E-state index contributed by atoms with van der Waals surface area (Å²) in [7, 11) is 0. The molecule has 0 saturated carbocycles. The van der Waals surface area contributed by atoms with E-state index in [0.717, 1.165) is 36.4 Å². The topological polar surface area (TPSA) is 58.5 Å². The Hall–Kier alpha value is -0.720. The molecule has 0 aromatic carbocycles. The second kappa shape index (κ2) is 6.28. The highest BCUT2D eigenvalue weighted by Crippen LogP contribution is 2.18. The molecular formula is C11H16BrN3O2. The van der Waals surface area contributed by atoms with Crippen molar-refractivity contribution < 1.29 is 9.84 Å². The molecule has 2 rings (SSSR count). The van der Waals surface area contributed by atoms with Gasteiger partial charge in [-0.1, -0.05) is 0 Å². The number of aromatic nitrogens is 2. The van der Waals surface area contributed by atoms with Crippen LogP contribution >= 0.6 is 15.9 Å². The summed E-state index contributed by atoms with van der Waals surface area (Å²) in [6, 6.07) is 0. The van der Waals surface area contributed by atoms with E-state index < -0.39 is 0 Å². The molecular weight excluding hydrogens is 286 g/mol. The van der Waals surface area contributed by atoms with Crippen molar-refractivity contribution in [2.45, 2.75) is 18.9 Å². The summed E-state index contributed by atoms with van der Waals surface area (Å²) in [6.45, 7) is 2.32. The lowest BCUT2D eigenvalue weighted by atomic mass is 10.1. The van der Waals surface area contributed by atoms with Crippen LogP contribution < -0.4 is 4.90 Å². The Morgan fingerprint density at radius 2 is 2.00 bits per heavy atom. The first-order valence-corrected chi connectivity index (χ1v) is 6.54. The van der Waals surface area contributed by atoms with Crippen molar-refractivity contribution in [1.82, 2.24) is 9.97 Å². The van der Waals surface area contributed by atoms with E-state index in [0.29, 0.717) is 6.61 Å². The van der Waals surface area contributed by atoms with Crippen molar-refractivity contribution in [2.75, 3.05) is 31.2 Å². The quantitative estimate of drug-likeness (QED) is 0.906. The summed E-state index contributed by atoms with van der Waals surface area (Å²) < 4.78 is 6.40. The number of hydrogen-bond donors (Lipinski definition) is 1. The summed E-state index contributed by atoms with van der Waals surface area (Å²) in [5.74, 6) is 0.772. The van der Waals surface area contributed by atoms with E-state index in [4.69, 9.17) is 9.84 Å². The van der Waals surface area contributed by atoms with Crippen LogP contribution in [0.3, 0.4) is 0 Å². The molecule has 0 bridgehead atoms. The fourth-order valence-electron chi connectivity index (χ4n) is 1.91. The Balaban J connectivity index is 1.84. The van der Waals surface area contributed by atoms with E-state index in [1.165, 1.54) is 0 Å². The smallest absolute Gasteiger partial charge is 0.225 e. The third kappa shape index (κ3) is 3.62. The van der Waals surface area contributed by atoms with E-state index in [9.17, 15) is 0 Å². The van der Waals surface area contributed by atoms with Crippen molar-refractivity contribution in [1.29, 1.82) is 0 Å². The summed E-state index contributed by atoms with van der Waals surface area (Å²) >= 11 is 3.32. The zero-order valence-electron chi connectivity index (χ0n) is 9.55. The minimum atomic E-state index is 0.0933. The highest BCUT2D eigenvalue weighted by molar-refractivity contribution is 9.10. The number of rotatable bonds is 4. The molecule has 94 valence electrons. The molecule has 1 saturated heterocycles. The van der Waals surface area contributed by atoms with Crippen LogP contribution in [0.1, 0.15) is 12.8 Å². The van der Waals surface area contributed by atoms with Crippen LogP contribution in [0.4, 0.5) is 5.95 Å². The van der Waals surface area contributed by atoms with Crippen molar-refractivity contribution in [3.8, 4) is 0 Å². The fraction of sp³-hybridized carbons (Fsp3) is 0.636. The van der Waals surface area contributed by atoms with E-state index in [1.807, 2.05) is 0 Å². The van der Waals surface area contributed by atoms with Gasteiger partial charge in [-0.3, -0.25) is 0 Å². The molecule has 0 amide bonds. The number of anilines is 1. The summed E-state index contributed by atoms with van der Waals surface area (Å²) in [6.07, 6.45) is 5.69. The maximum Gasteiger partial charge on any atom is 0.225 e. The molecule has 1 N–H and O–H groups in total. The first kappa shape index (κ1) is 12.7. The van der Waals surface area contributed by atoms with E-state index in [2.05, 4.69) is 30.8 Å². The zero-order chi connectivity index (χ0) is 12.1. The van der Waals surface area contributed by atoms with Crippen LogP contribution in [0.2, 0.25) is 0 Å². The predicted molar refractivity (Wildman–Crippen MR) is 68.0 cm³/mol. The molecule has 0 unspecified atom stereocenters. The minimum absolute atomic E-state index is 0.0933. The van der Waals surface area contributed by atoms with Crippen LogP contribution in [-0.4, -0.2) is 47.5 Å². The molecule has 0 atom stereocenters. The average molecular weight is 302 g/mol. The number of aliphatic hydroxyl groups excluding tert-OH is 1.